The van der Waals surface area contributed by atoms with Gasteiger partial charge < -0.3 is 19.9 Å². The van der Waals surface area contributed by atoms with Crippen LogP contribution >= 0.6 is 0 Å². The fourth-order valence-corrected chi connectivity index (χ4v) is 2.73. The lowest BCUT2D eigenvalue weighted by molar-refractivity contribution is -0.0544. The number of morpholine rings is 1. The molecule has 0 saturated carbocycles. The van der Waals surface area contributed by atoms with E-state index < -0.39 is 0 Å². The Kier molecular flexibility index (Phi) is 5.66. The molecular formula is C17H27N3O2. The normalized spacial score (nSPS) is 21.5. The Morgan fingerprint density at radius 3 is 2.36 bits per heavy atom. The number of rotatable bonds is 4. The zero-order valence-corrected chi connectivity index (χ0v) is 14.0. The maximum Gasteiger partial charge on any atom is 0.317 e. The van der Waals surface area contributed by atoms with Crippen LogP contribution in [0.4, 0.5) is 10.5 Å². The first-order valence-electron chi connectivity index (χ1n) is 7.90. The number of ether oxygens (including phenoxy) is 1. The molecule has 1 fully saturated rings. The van der Waals surface area contributed by atoms with Gasteiger partial charge in [-0.3, -0.25) is 0 Å². The predicted octanol–water partition coefficient (Wildman–Crippen LogP) is 2.11. The van der Waals surface area contributed by atoms with Crippen molar-refractivity contribution in [3.05, 3.63) is 29.8 Å². The van der Waals surface area contributed by atoms with Gasteiger partial charge >= 0.3 is 6.03 Å². The van der Waals surface area contributed by atoms with Crippen molar-refractivity contribution in [2.45, 2.75) is 32.5 Å². The van der Waals surface area contributed by atoms with Gasteiger partial charge in [-0.25, -0.2) is 4.79 Å². The lowest BCUT2D eigenvalue weighted by Crippen LogP contribution is -2.51. The highest BCUT2D eigenvalue weighted by atomic mass is 16.5. The number of carbonyl (C=O) groups excluding carboxylic acids is 1. The molecule has 122 valence electrons. The minimum Gasteiger partial charge on any atom is -0.378 e. The van der Waals surface area contributed by atoms with Crippen LogP contribution in [0, 0.1) is 0 Å². The molecule has 1 heterocycles. The first-order valence-corrected chi connectivity index (χ1v) is 7.90. The van der Waals surface area contributed by atoms with E-state index in [-0.39, 0.29) is 18.2 Å². The van der Waals surface area contributed by atoms with Crippen LogP contribution in [-0.4, -0.2) is 56.9 Å². The van der Waals surface area contributed by atoms with Gasteiger partial charge in [0.1, 0.15) is 0 Å². The van der Waals surface area contributed by atoms with E-state index in [0.29, 0.717) is 19.6 Å². The number of hydrogen-bond acceptors (Lipinski definition) is 3. The van der Waals surface area contributed by atoms with Crippen LogP contribution in [0.5, 0.6) is 0 Å². The van der Waals surface area contributed by atoms with Gasteiger partial charge in [0.2, 0.25) is 0 Å². The maximum absolute atomic E-state index is 12.2. The molecule has 0 unspecified atom stereocenters. The van der Waals surface area contributed by atoms with Gasteiger partial charge in [-0.1, -0.05) is 12.1 Å². The summed E-state index contributed by atoms with van der Waals surface area (Å²) in [6, 6.07) is 8.43. The third kappa shape index (κ3) is 4.63. The molecular weight excluding hydrogens is 278 g/mol. The first kappa shape index (κ1) is 16.6. The molecule has 1 aromatic rings. The molecule has 2 amide bonds. The van der Waals surface area contributed by atoms with E-state index in [9.17, 15) is 4.79 Å². The molecule has 1 aliphatic rings. The number of amides is 2. The number of nitrogens with zero attached hydrogens (tertiary/aromatic N) is 2. The molecule has 22 heavy (non-hydrogen) atoms. The van der Waals surface area contributed by atoms with E-state index in [1.54, 1.807) is 0 Å². The highest BCUT2D eigenvalue weighted by Crippen LogP contribution is 2.13. The Morgan fingerprint density at radius 2 is 1.82 bits per heavy atom. The monoisotopic (exact) mass is 305 g/mol. The molecule has 0 aliphatic carbocycles. The van der Waals surface area contributed by atoms with Gasteiger partial charge in [0.05, 0.1) is 12.2 Å². The van der Waals surface area contributed by atoms with Gasteiger partial charge in [-0.15, -0.1) is 0 Å². The first-order chi connectivity index (χ1) is 10.5. The van der Waals surface area contributed by atoms with Crippen LogP contribution in [0.15, 0.2) is 24.3 Å². The van der Waals surface area contributed by atoms with Crippen LogP contribution in [0.3, 0.4) is 0 Å². The molecule has 1 aliphatic heterocycles. The van der Waals surface area contributed by atoms with Crippen molar-refractivity contribution in [2.75, 3.05) is 38.6 Å². The summed E-state index contributed by atoms with van der Waals surface area (Å²) in [6.07, 6.45) is 1.05. The van der Waals surface area contributed by atoms with Gasteiger partial charge in [-0.05, 0) is 38.0 Å². The van der Waals surface area contributed by atoms with E-state index in [4.69, 9.17) is 4.74 Å². The van der Waals surface area contributed by atoms with E-state index in [1.807, 2.05) is 32.8 Å². The van der Waals surface area contributed by atoms with Crippen molar-refractivity contribution in [3.63, 3.8) is 0 Å². The number of benzene rings is 1. The SMILES string of the molecule is C[C@H]1CN(C(=O)NCCc2ccc(N(C)C)cc2)C[C@H](C)O1. The highest BCUT2D eigenvalue weighted by molar-refractivity contribution is 5.74. The molecule has 0 spiro atoms. The van der Waals surface area contributed by atoms with Gasteiger partial charge in [0.25, 0.3) is 0 Å². The topological polar surface area (TPSA) is 44.8 Å². The van der Waals surface area contributed by atoms with Gasteiger partial charge in [-0.2, -0.15) is 0 Å². The van der Waals surface area contributed by atoms with Crippen LogP contribution in [-0.2, 0) is 11.2 Å². The van der Waals surface area contributed by atoms with E-state index >= 15 is 0 Å². The third-order valence-electron chi connectivity index (χ3n) is 3.85. The minimum atomic E-state index is 0.00640. The summed E-state index contributed by atoms with van der Waals surface area (Å²) in [5.41, 5.74) is 2.42. The zero-order chi connectivity index (χ0) is 16.1. The standard InChI is InChI=1S/C17H27N3O2/c1-13-11-20(12-14(2)22-13)17(21)18-10-9-15-5-7-16(8-6-15)19(3)4/h5-8,13-14H,9-12H2,1-4H3,(H,18,21)/t13-,14-/m0/s1. The molecule has 1 saturated heterocycles. The number of anilines is 1. The fraction of sp³-hybridized carbons (Fsp3) is 0.588. The van der Waals surface area contributed by atoms with Gasteiger partial charge in [0, 0.05) is 39.4 Å². The number of hydrogen-bond donors (Lipinski definition) is 1. The summed E-state index contributed by atoms with van der Waals surface area (Å²) >= 11 is 0. The Balaban J connectivity index is 1.77. The average Bonchev–Trinajstić information content (AvgIpc) is 2.46. The lowest BCUT2D eigenvalue weighted by atomic mass is 10.1. The number of carbonyl (C=O) groups is 1. The second kappa shape index (κ2) is 7.49. The largest absolute Gasteiger partial charge is 0.378 e. The van der Waals surface area contributed by atoms with Crippen molar-refractivity contribution in [1.29, 1.82) is 0 Å². The average molecular weight is 305 g/mol. The third-order valence-corrected chi connectivity index (χ3v) is 3.85. The fourth-order valence-electron chi connectivity index (χ4n) is 2.73. The second-order valence-electron chi connectivity index (χ2n) is 6.21. The summed E-state index contributed by atoms with van der Waals surface area (Å²) in [7, 11) is 4.05. The van der Waals surface area contributed by atoms with Gasteiger partial charge in [0.15, 0.2) is 0 Å². The van der Waals surface area contributed by atoms with Crippen LogP contribution < -0.4 is 10.2 Å². The molecule has 0 radical (unpaired) electrons. The molecule has 5 nitrogen and oxygen atoms in total. The molecule has 1 N–H and O–H groups in total. The van der Waals surface area contributed by atoms with Crippen LogP contribution in [0.2, 0.25) is 0 Å². The summed E-state index contributed by atoms with van der Waals surface area (Å²) in [5.74, 6) is 0. The highest BCUT2D eigenvalue weighted by Gasteiger charge is 2.25. The number of urea groups is 1. The van der Waals surface area contributed by atoms with E-state index in [1.165, 1.54) is 11.3 Å². The van der Waals surface area contributed by atoms with Crippen molar-refractivity contribution in [2.24, 2.45) is 0 Å². The predicted molar refractivity (Wildman–Crippen MR) is 89.5 cm³/mol. The van der Waals surface area contributed by atoms with E-state index in [0.717, 1.165) is 6.42 Å². The lowest BCUT2D eigenvalue weighted by Gasteiger charge is -2.35. The Hall–Kier alpha value is -1.75. The van der Waals surface area contributed by atoms with Crippen LogP contribution in [0.25, 0.3) is 0 Å². The molecule has 0 aromatic heterocycles. The molecule has 0 bridgehead atoms. The van der Waals surface area contributed by atoms with Crippen molar-refractivity contribution < 1.29 is 9.53 Å². The van der Waals surface area contributed by atoms with Crippen molar-refractivity contribution in [1.82, 2.24) is 10.2 Å². The summed E-state index contributed by atoms with van der Waals surface area (Å²) in [5, 5.41) is 3.00. The quantitative estimate of drug-likeness (QED) is 0.926. The smallest absolute Gasteiger partial charge is 0.317 e. The number of nitrogens with one attached hydrogen (secondary N) is 1. The Bertz CT molecular complexity index is 477. The van der Waals surface area contributed by atoms with Crippen molar-refractivity contribution in [3.8, 4) is 0 Å². The van der Waals surface area contributed by atoms with Crippen LogP contribution in [0.1, 0.15) is 19.4 Å². The minimum absolute atomic E-state index is 0.00640. The molecule has 5 heteroatoms. The Labute approximate surface area is 133 Å². The summed E-state index contributed by atoms with van der Waals surface area (Å²) in [6.45, 7) is 5.98. The van der Waals surface area contributed by atoms with Crippen molar-refractivity contribution >= 4 is 11.7 Å². The molecule has 1 aromatic carbocycles. The summed E-state index contributed by atoms with van der Waals surface area (Å²) in [4.78, 5) is 16.1. The molecule has 2 atom stereocenters. The Morgan fingerprint density at radius 1 is 1.23 bits per heavy atom. The second-order valence-corrected chi connectivity index (χ2v) is 6.21. The maximum atomic E-state index is 12.2. The summed E-state index contributed by atoms with van der Waals surface area (Å²) < 4.78 is 5.65. The zero-order valence-electron chi connectivity index (χ0n) is 14.0. The molecule has 2 rings (SSSR count). The van der Waals surface area contributed by atoms with E-state index in [2.05, 4.69) is 34.5 Å².